The van der Waals surface area contributed by atoms with E-state index in [9.17, 15) is 15.2 Å². The molecule has 1 rings (SSSR count). The van der Waals surface area contributed by atoms with Gasteiger partial charge in [-0.3, -0.25) is 10.1 Å². The van der Waals surface area contributed by atoms with E-state index in [2.05, 4.69) is 19.2 Å². The third-order valence-corrected chi connectivity index (χ3v) is 3.93. The van der Waals surface area contributed by atoms with Crippen LogP contribution >= 0.6 is 0 Å². The summed E-state index contributed by atoms with van der Waals surface area (Å²) < 4.78 is 5.51. The van der Waals surface area contributed by atoms with Crippen molar-refractivity contribution in [2.24, 2.45) is 5.41 Å². The zero-order valence-electron chi connectivity index (χ0n) is 12.7. The van der Waals surface area contributed by atoms with Crippen molar-refractivity contribution in [3.8, 4) is 5.75 Å². The number of nitro benzene ring substituents is 1. The van der Waals surface area contributed by atoms with Crippen LogP contribution in [0.25, 0.3) is 0 Å². The highest BCUT2D eigenvalue weighted by Gasteiger charge is 2.24. The molecule has 1 aromatic rings. The molecule has 21 heavy (non-hydrogen) atoms. The van der Waals surface area contributed by atoms with E-state index in [1.54, 1.807) is 12.1 Å². The van der Waals surface area contributed by atoms with Crippen LogP contribution in [-0.2, 0) is 0 Å². The number of hydrogen-bond acceptors (Lipinski definition) is 5. The molecule has 0 unspecified atom stereocenters. The molecule has 0 aliphatic carbocycles. The molecule has 0 saturated heterocycles. The third-order valence-electron chi connectivity index (χ3n) is 3.93. The Morgan fingerprint density at radius 3 is 2.38 bits per heavy atom. The van der Waals surface area contributed by atoms with Crippen LogP contribution in [0.5, 0.6) is 5.75 Å². The van der Waals surface area contributed by atoms with E-state index >= 15 is 0 Å². The molecule has 0 aromatic heterocycles. The van der Waals surface area contributed by atoms with Crippen molar-refractivity contribution in [1.29, 1.82) is 0 Å². The predicted octanol–water partition coefficient (Wildman–Crippen LogP) is 2.36. The minimum absolute atomic E-state index is 0.0547. The molecule has 0 heterocycles. The largest absolute Gasteiger partial charge is 0.492 e. The fraction of sp³-hybridized carbons (Fsp3) is 0.600. The third kappa shape index (κ3) is 5.32. The van der Waals surface area contributed by atoms with Gasteiger partial charge < -0.3 is 15.2 Å². The Morgan fingerprint density at radius 1 is 1.29 bits per heavy atom. The van der Waals surface area contributed by atoms with E-state index in [1.165, 1.54) is 12.1 Å². The second-order valence-corrected chi connectivity index (χ2v) is 5.14. The minimum Gasteiger partial charge on any atom is -0.492 e. The Kier molecular flexibility index (Phi) is 7.11. The Balaban J connectivity index is 2.29. The molecular formula is C15H24N2O4. The average Bonchev–Trinajstić information content (AvgIpc) is 2.52. The van der Waals surface area contributed by atoms with E-state index < -0.39 is 4.92 Å². The highest BCUT2D eigenvalue weighted by Crippen LogP contribution is 2.24. The zero-order chi connectivity index (χ0) is 15.7. The maximum atomic E-state index is 10.5. The predicted molar refractivity (Wildman–Crippen MR) is 81.6 cm³/mol. The molecule has 0 aliphatic heterocycles. The van der Waals surface area contributed by atoms with E-state index in [0.29, 0.717) is 18.9 Å². The van der Waals surface area contributed by atoms with E-state index in [4.69, 9.17) is 4.74 Å². The minimum atomic E-state index is -0.435. The van der Waals surface area contributed by atoms with Crippen LogP contribution in [0.3, 0.4) is 0 Å². The maximum absolute atomic E-state index is 10.5. The summed E-state index contributed by atoms with van der Waals surface area (Å²) in [6.07, 6.45) is 1.85. The summed E-state index contributed by atoms with van der Waals surface area (Å²) in [6.45, 7) is 6.23. The van der Waals surface area contributed by atoms with Gasteiger partial charge in [0.1, 0.15) is 12.4 Å². The van der Waals surface area contributed by atoms with E-state index in [0.717, 1.165) is 19.4 Å². The van der Waals surface area contributed by atoms with Crippen LogP contribution in [0, 0.1) is 15.5 Å². The van der Waals surface area contributed by atoms with Crippen LogP contribution in [0.2, 0.25) is 0 Å². The lowest BCUT2D eigenvalue weighted by Crippen LogP contribution is -2.38. The Hall–Kier alpha value is -1.66. The number of ether oxygens (including phenoxy) is 1. The number of benzene rings is 1. The van der Waals surface area contributed by atoms with Crippen molar-refractivity contribution < 1.29 is 14.8 Å². The second kappa shape index (κ2) is 8.59. The summed E-state index contributed by atoms with van der Waals surface area (Å²) in [5.74, 6) is 0.613. The lowest BCUT2D eigenvalue weighted by molar-refractivity contribution is -0.384. The SMILES string of the molecule is CCC(CC)(CO)CNCCOc1ccc([N+](=O)[O-])cc1. The van der Waals surface area contributed by atoms with Gasteiger partial charge in [0.05, 0.1) is 4.92 Å². The normalized spacial score (nSPS) is 11.4. The molecule has 0 radical (unpaired) electrons. The fourth-order valence-electron chi connectivity index (χ4n) is 2.04. The maximum Gasteiger partial charge on any atom is 0.269 e. The Labute approximate surface area is 125 Å². The summed E-state index contributed by atoms with van der Waals surface area (Å²) in [4.78, 5) is 10.1. The van der Waals surface area contributed by atoms with Gasteiger partial charge in [-0.25, -0.2) is 0 Å². The van der Waals surface area contributed by atoms with Gasteiger partial charge in [0.15, 0.2) is 0 Å². The number of aliphatic hydroxyl groups is 1. The number of nitro groups is 1. The van der Waals surface area contributed by atoms with Crippen molar-refractivity contribution in [1.82, 2.24) is 5.32 Å². The molecule has 0 atom stereocenters. The Morgan fingerprint density at radius 2 is 1.90 bits per heavy atom. The van der Waals surface area contributed by atoms with Crippen LogP contribution < -0.4 is 10.1 Å². The molecule has 6 heteroatoms. The summed E-state index contributed by atoms with van der Waals surface area (Å²) in [7, 11) is 0. The number of aliphatic hydroxyl groups excluding tert-OH is 1. The average molecular weight is 296 g/mol. The van der Waals surface area contributed by atoms with Crippen molar-refractivity contribution in [3.05, 3.63) is 34.4 Å². The number of non-ortho nitro benzene ring substituents is 1. The van der Waals surface area contributed by atoms with E-state index in [1.807, 2.05) is 0 Å². The van der Waals surface area contributed by atoms with Crippen molar-refractivity contribution in [3.63, 3.8) is 0 Å². The first-order valence-electron chi connectivity index (χ1n) is 7.25. The molecule has 0 amide bonds. The Bertz CT molecular complexity index is 422. The van der Waals surface area contributed by atoms with E-state index in [-0.39, 0.29) is 17.7 Å². The molecule has 0 spiro atoms. The van der Waals surface area contributed by atoms with Crippen molar-refractivity contribution in [2.45, 2.75) is 26.7 Å². The lowest BCUT2D eigenvalue weighted by atomic mass is 9.83. The first-order chi connectivity index (χ1) is 10.1. The molecule has 1 aromatic carbocycles. The zero-order valence-corrected chi connectivity index (χ0v) is 12.7. The highest BCUT2D eigenvalue weighted by atomic mass is 16.6. The smallest absolute Gasteiger partial charge is 0.269 e. The van der Waals surface area contributed by atoms with Gasteiger partial charge in [0.25, 0.3) is 5.69 Å². The molecule has 0 bridgehead atoms. The quantitative estimate of drug-likeness (QED) is 0.393. The highest BCUT2D eigenvalue weighted by molar-refractivity contribution is 5.35. The van der Waals surface area contributed by atoms with Gasteiger partial charge in [0, 0.05) is 37.2 Å². The molecule has 0 fully saturated rings. The summed E-state index contributed by atoms with van der Waals surface area (Å²) >= 11 is 0. The molecule has 0 saturated carbocycles. The van der Waals surface area contributed by atoms with Gasteiger partial charge in [-0.05, 0) is 25.0 Å². The van der Waals surface area contributed by atoms with Gasteiger partial charge >= 0.3 is 0 Å². The number of nitrogens with one attached hydrogen (secondary N) is 1. The van der Waals surface area contributed by atoms with Gasteiger partial charge in [-0.15, -0.1) is 0 Å². The fourth-order valence-corrected chi connectivity index (χ4v) is 2.04. The lowest BCUT2D eigenvalue weighted by Gasteiger charge is -2.29. The van der Waals surface area contributed by atoms with Crippen LogP contribution in [0.4, 0.5) is 5.69 Å². The van der Waals surface area contributed by atoms with Crippen molar-refractivity contribution in [2.75, 3.05) is 26.3 Å². The van der Waals surface area contributed by atoms with Crippen LogP contribution in [-0.4, -0.2) is 36.3 Å². The van der Waals surface area contributed by atoms with Crippen molar-refractivity contribution >= 4 is 5.69 Å². The number of hydrogen-bond donors (Lipinski definition) is 2. The molecule has 6 nitrogen and oxygen atoms in total. The van der Waals surface area contributed by atoms with Crippen LogP contribution in [0.15, 0.2) is 24.3 Å². The summed E-state index contributed by atoms with van der Waals surface area (Å²) in [5.41, 5.74) is -0.00743. The molecule has 0 aliphatic rings. The van der Waals surface area contributed by atoms with Gasteiger partial charge in [-0.1, -0.05) is 13.8 Å². The number of rotatable bonds is 10. The summed E-state index contributed by atoms with van der Waals surface area (Å²) in [5, 5.41) is 23.3. The summed E-state index contributed by atoms with van der Waals surface area (Å²) in [6, 6.07) is 6.03. The first-order valence-corrected chi connectivity index (χ1v) is 7.25. The topological polar surface area (TPSA) is 84.6 Å². The molecule has 118 valence electrons. The first kappa shape index (κ1) is 17.4. The monoisotopic (exact) mass is 296 g/mol. The standard InChI is InChI=1S/C15H24N2O4/c1-3-15(4-2,12-18)11-16-9-10-21-14-7-5-13(6-8-14)17(19)20/h5-8,16,18H,3-4,9-12H2,1-2H3. The number of nitrogens with zero attached hydrogens (tertiary/aromatic N) is 1. The van der Waals surface area contributed by atoms with Gasteiger partial charge in [0.2, 0.25) is 0 Å². The second-order valence-electron chi connectivity index (χ2n) is 5.14. The van der Waals surface area contributed by atoms with Crippen LogP contribution in [0.1, 0.15) is 26.7 Å². The van der Waals surface area contributed by atoms with Gasteiger partial charge in [-0.2, -0.15) is 0 Å². The molecular weight excluding hydrogens is 272 g/mol. The molecule has 2 N–H and O–H groups in total.